The molecule has 3 amide bonds. The molecule has 2 N–H and O–H groups in total. The second-order valence-corrected chi connectivity index (χ2v) is 6.71. The van der Waals surface area contributed by atoms with Crippen molar-refractivity contribution in [1.82, 2.24) is 15.5 Å². The zero-order chi connectivity index (χ0) is 17.8. The van der Waals surface area contributed by atoms with Gasteiger partial charge in [-0.25, -0.2) is 0 Å². The van der Waals surface area contributed by atoms with Gasteiger partial charge in [0.15, 0.2) is 0 Å². The van der Waals surface area contributed by atoms with E-state index in [1.165, 1.54) is 4.90 Å². The fourth-order valence-electron chi connectivity index (χ4n) is 1.91. The number of carbonyl (C=O) groups is 3. The quantitative estimate of drug-likeness (QED) is 0.881. The summed E-state index contributed by atoms with van der Waals surface area (Å²) in [7, 11) is 3.27. The van der Waals surface area contributed by atoms with Crippen LogP contribution in [0.1, 0.15) is 48.4 Å². The molecule has 1 aromatic rings. The van der Waals surface area contributed by atoms with Gasteiger partial charge in [0.1, 0.15) is 6.04 Å². The molecule has 23 heavy (non-hydrogen) atoms. The number of hydrogen-bond acceptors (Lipinski definition) is 3. The fourth-order valence-corrected chi connectivity index (χ4v) is 1.91. The standard InChI is InChI=1S/C17H25N3O3/c1-11(16(23)20(5)6)18-14(21)12-7-9-13(10-8-12)15(22)19-17(2,3)4/h7-11H,1-6H3,(H,18,21)(H,19,22)/t11-/m0/s1. The minimum atomic E-state index is -0.610. The van der Waals surface area contributed by atoms with Gasteiger partial charge in [0.25, 0.3) is 11.8 Å². The summed E-state index contributed by atoms with van der Waals surface area (Å²) in [5, 5.41) is 5.49. The number of nitrogens with zero attached hydrogens (tertiary/aromatic N) is 1. The fraction of sp³-hybridized carbons (Fsp3) is 0.471. The molecule has 6 nitrogen and oxygen atoms in total. The van der Waals surface area contributed by atoms with Crippen LogP contribution in [0, 0.1) is 0 Å². The van der Waals surface area contributed by atoms with E-state index in [9.17, 15) is 14.4 Å². The lowest BCUT2D eigenvalue weighted by Gasteiger charge is -2.20. The van der Waals surface area contributed by atoms with E-state index >= 15 is 0 Å². The van der Waals surface area contributed by atoms with Gasteiger partial charge in [-0.2, -0.15) is 0 Å². The minimum absolute atomic E-state index is 0.181. The largest absolute Gasteiger partial charge is 0.347 e. The van der Waals surface area contributed by atoms with Crippen molar-refractivity contribution in [2.45, 2.75) is 39.3 Å². The van der Waals surface area contributed by atoms with Gasteiger partial charge in [0.05, 0.1) is 0 Å². The van der Waals surface area contributed by atoms with Crippen LogP contribution >= 0.6 is 0 Å². The zero-order valence-electron chi connectivity index (χ0n) is 14.6. The normalized spacial score (nSPS) is 12.3. The monoisotopic (exact) mass is 319 g/mol. The third kappa shape index (κ3) is 5.73. The SMILES string of the molecule is C[C@H](NC(=O)c1ccc(C(=O)NC(C)(C)C)cc1)C(=O)N(C)C. The third-order valence-electron chi connectivity index (χ3n) is 3.06. The predicted octanol–water partition coefficient (Wildman–Crippen LogP) is 1.42. The first-order valence-corrected chi connectivity index (χ1v) is 7.46. The van der Waals surface area contributed by atoms with E-state index in [1.807, 2.05) is 20.8 Å². The second-order valence-electron chi connectivity index (χ2n) is 6.71. The van der Waals surface area contributed by atoms with Gasteiger partial charge in [-0.15, -0.1) is 0 Å². The molecule has 0 aromatic heterocycles. The van der Waals surface area contributed by atoms with Gasteiger partial charge in [0, 0.05) is 30.8 Å². The first-order valence-electron chi connectivity index (χ1n) is 7.46. The Kier molecular flexibility index (Phi) is 5.90. The Morgan fingerprint density at radius 1 is 0.957 bits per heavy atom. The Bertz CT molecular complexity index is 586. The maximum Gasteiger partial charge on any atom is 0.251 e. The summed E-state index contributed by atoms with van der Waals surface area (Å²) in [6.07, 6.45) is 0. The number of carbonyl (C=O) groups excluding carboxylic acids is 3. The number of likely N-dealkylation sites (N-methyl/N-ethyl adjacent to an activating group) is 1. The smallest absolute Gasteiger partial charge is 0.251 e. The lowest BCUT2D eigenvalue weighted by Crippen LogP contribution is -2.44. The van der Waals surface area contributed by atoms with Crippen LogP contribution in [0.15, 0.2) is 24.3 Å². The van der Waals surface area contributed by atoms with E-state index in [4.69, 9.17) is 0 Å². The van der Waals surface area contributed by atoms with E-state index in [-0.39, 0.29) is 23.3 Å². The van der Waals surface area contributed by atoms with E-state index in [2.05, 4.69) is 10.6 Å². The Labute approximate surface area is 137 Å². The van der Waals surface area contributed by atoms with Crippen LogP contribution in [0.5, 0.6) is 0 Å². The van der Waals surface area contributed by atoms with Crippen molar-refractivity contribution >= 4 is 17.7 Å². The Morgan fingerprint density at radius 2 is 1.39 bits per heavy atom. The summed E-state index contributed by atoms with van der Waals surface area (Å²) in [6.45, 7) is 7.33. The Hall–Kier alpha value is -2.37. The van der Waals surface area contributed by atoms with Gasteiger partial charge >= 0.3 is 0 Å². The van der Waals surface area contributed by atoms with Crippen LogP contribution < -0.4 is 10.6 Å². The van der Waals surface area contributed by atoms with E-state index in [0.717, 1.165) is 0 Å². The lowest BCUT2D eigenvalue weighted by molar-refractivity contribution is -0.130. The molecule has 0 aliphatic carbocycles. The summed E-state index contributed by atoms with van der Waals surface area (Å²) < 4.78 is 0. The highest BCUT2D eigenvalue weighted by molar-refractivity contribution is 5.99. The summed E-state index contributed by atoms with van der Waals surface area (Å²) in [6, 6.07) is 5.71. The highest BCUT2D eigenvalue weighted by Crippen LogP contribution is 2.08. The molecular weight excluding hydrogens is 294 g/mol. The van der Waals surface area contributed by atoms with Crippen molar-refractivity contribution in [1.29, 1.82) is 0 Å². The van der Waals surface area contributed by atoms with Crippen molar-refractivity contribution in [2.24, 2.45) is 0 Å². The molecule has 126 valence electrons. The summed E-state index contributed by atoms with van der Waals surface area (Å²) in [4.78, 5) is 37.3. The molecule has 0 aliphatic rings. The van der Waals surface area contributed by atoms with Crippen LogP contribution in [-0.2, 0) is 4.79 Å². The summed E-state index contributed by atoms with van der Waals surface area (Å²) in [5.41, 5.74) is 0.555. The molecule has 0 saturated carbocycles. The third-order valence-corrected chi connectivity index (χ3v) is 3.06. The average Bonchev–Trinajstić information content (AvgIpc) is 2.44. The molecule has 1 atom stereocenters. The Morgan fingerprint density at radius 3 is 1.78 bits per heavy atom. The molecule has 6 heteroatoms. The van der Waals surface area contributed by atoms with Gasteiger partial charge < -0.3 is 15.5 Å². The first kappa shape index (κ1) is 18.7. The van der Waals surface area contributed by atoms with Crippen molar-refractivity contribution < 1.29 is 14.4 Å². The van der Waals surface area contributed by atoms with Gasteiger partial charge in [-0.1, -0.05) is 0 Å². The molecule has 1 aromatic carbocycles. The minimum Gasteiger partial charge on any atom is -0.347 e. The second kappa shape index (κ2) is 7.26. The Balaban J connectivity index is 2.75. The lowest BCUT2D eigenvalue weighted by atomic mass is 10.1. The number of nitrogens with one attached hydrogen (secondary N) is 2. The summed E-state index contributed by atoms with van der Waals surface area (Å²) >= 11 is 0. The molecule has 0 bridgehead atoms. The van der Waals surface area contributed by atoms with E-state index in [0.29, 0.717) is 11.1 Å². The summed E-state index contributed by atoms with van der Waals surface area (Å²) in [5.74, 6) is -0.726. The van der Waals surface area contributed by atoms with Crippen molar-refractivity contribution in [3.63, 3.8) is 0 Å². The number of hydrogen-bond donors (Lipinski definition) is 2. The van der Waals surface area contributed by atoms with Crippen LogP contribution in [0.2, 0.25) is 0 Å². The topological polar surface area (TPSA) is 78.5 Å². The van der Waals surface area contributed by atoms with Crippen molar-refractivity contribution in [3.8, 4) is 0 Å². The first-order chi connectivity index (χ1) is 10.5. The predicted molar refractivity (Wildman–Crippen MR) is 89.3 cm³/mol. The van der Waals surface area contributed by atoms with Gasteiger partial charge in [-0.05, 0) is 52.0 Å². The highest BCUT2D eigenvalue weighted by Gasteiger charge is 2.19. The van der Waals surface area contributed by atoms with Crippen molar-refractivity contribution in [3.05, 3.63) is 35.4 Å². The van der Waals surface area contributed by atoms with Gasteiger partial charge in [-0.3, -0.25) is 14.4 Å². The zero-order valence-corrected chi connectivity index (χ0v) is 14.6. The molecule has 0 fully saturated rings. The number of rotatable bonds is 4. The molecule has 0 heterocycles. The molecule has 0 unspecified atom stereocenters. The number of benzene rings is 1. The molecule has 0 aliphatic heterocycles. The highest BCUT2D eigenvalue weighted by atomic mass is 16.2. The van der Waals surface area contributed by atoms with Crippen LogP contribution in [0.4, 0.5) is 0 Å². The maximum absolute atomic E-state index is 12.1. The number of amides is 3. The van der Waals surface area contributed by atoms with E-state index in [1.54, 1.807) is 45.3 Å². The van der Waals surface area contributed by atoms with Crippen LogP contribution in [0.25, 0.3) is 0 Å². The van der Waals surface area contributed by atoms with Crippen molar-refractivity contribution in [2.75, 3.05) is 14.1 Å². The molecule has 1 rings (SSSR count). The van der Waals surface area contributed by atoms with E-state index < -0.39 is 6.04 Å². The average molecular weight is 319 g/mol. The molecule has 0 saturated heterocycles. The molecule has 0 radical (unpaired) electrons. The molecular formula is C17H25N3O3. The van der Waals surface area contributed by atoms with Gasteiger partial charge in [0.2, 0.25) is 5.91 Å². The molecule has 0 spiro atoms. The van der Waals surface area contributed by atoms with Crippen LogP contribution in [0.3, 0.4) is 0 Å². The maximum atomic E-state index is 12.1. The van der Waals surface area contributed by atoms with Crippen LogP contribution in [-0.4, -0.2) is 48.3 Å².